The molecule has 0 aliphatic carbocycles. The maximum Gasteiger partial charge on any atom is 0.418 e. The van der Waals surface area contributed by atoms with Gasteiger partial charge in [-0.15, -0.1) is 0 Å². The third kappa shape index (κ3) is 4.50. The van der Waals surface area contributed by atoms with Gasteiger partial charge in [0.1, 0.15) is 0 Å². The van der Waals surface area contributed by atoms with Gasteiger partial charge in [-0.1, -0.05) is 0 Å². The van der Waals surface area contributed by atoms with Crippen molar-refractivity contribution in [3.8, 4) is 5.75 Å². The van der Waals surface area contributed by atoms with Crippen molar-refractivity contribution in [1.29, 1.82) is 0 Å². The van der Waals surface area contributed by atoms with Crippen LogP contribution in [0.3, 0.4) is 0 Å². The van der Waals surface area contributed by atoms with Crippen LogP contribution in [0.4, 0.5) is 28.9 Å². The number of benzene rings is 2. The molecule has 26 heavy (non-hydrogen) atoms. The SMILES string of the molecule is COc1ccc(C(=O)Nc2ccc(NC(C)=O)cc2C(F)(F)F)cc1F. The summed E-state index contributed by atoms with van der Waals surface area (Å²) >= 11 is 0. The van der Waals surface area contributed by atoms with Crippen molar-refractivity contribution in [2.45, 2.75) is 13.1 Å². The van der Waals surface area contributed by atoms with Gasteiger partial charge >= 0.3 is 6.18 Å². The second-order valence-corrected chi connectivity index (χ2v) is 5.24. The monoisotopic (exact) mass is 370 g/mol. The first-order valence-electron chi connectivity index (χ1n) is 7.25. The predicted molar refractivity (Wildman–Crippen MR) is 86.7 cm³/mol. The van der Waals surface area contributed by atoms with Gasteiger partial charge < -0.3 is 15.4 Å². The highest BCUT2D eigenvalue weighted by Gasteiger charge is 2.34. The highest BCUT2D eigenvalue weighted by molar-refractivity contribution is 6.05. The lowest BCUT2D eigenvalue weighted by atomic mass is 10.1. The summed E-state index contributed by atoms with van der Waals surface area (Å²) in [5.74, 6) is -2.39. The lowest BCUT2D eigenvalue weighted by Crippen LogP contribution is -2.17. The van der Waals surface area contributed by atoms with Crippen molar-refractivity contribution in [1.82, 2.24) is 0 Å². The van der Waals surface area contributed by atoms with E-state index in [1.165, 1.54) is 25.3 Å². The minimum absolute atomic E-state index is 0.0710. The molecule has 0 saturated carbocycles. The number of carbonyl (C=O) groups excluding carboxylic acids is 2. The summed E-state index contributed by atoms with van der Waals surface area (Å²) in [6.45, 7) is 1.15. The molecule has 2 amide bonds. The van der Waals surface area contributed by atoms with Gasteiger partial charge in [-0.3, -0.25) is 9.59 Å². The summed E-state index contributed by atoms with van der Waals surface area (Å²) in [7, 11) is 1.24. The molecule has 138 valence electrons. The van der Waals surface area contributed by atoms with Gasteiger partial charge in [0, 0.05) is 18.2 Å². The average molecular weight is 370 g/mol. The first kappa shape index (κ1) is 19.2. The molecule has 0 saturated heterocycles. The smallest absolute Gasteiger partial charge is 0.418 e. The Morgan fingerprint density at radius 1 is 1.04 bits per heavy atom. The van der Waals surface area contributed by atoms with Gasteiger partial charge in [-0.05, 0) is 36.4 Å². The summed E-state index contributed by atoms with van der Waals surface area (Å²) in [5, 5.41) is 4.33. The maximum absolute atomic E-state index is 13.7. The number of nitrogens with one attached hydrogen (secondary N) is 2. The summed E-state index contributed by atoms with van der Waals surface area (Å²) < 4.78 is 58.1. The Labute approximate surface area is 146 Å². The Kier molecular flexibility index (Phi) is 5.49. The number of anilines is 2. The minimum Gasteiger partial charge on any atom is -0.494 e. The first-order valence-corrected chi connectivity index (χ1v) is 7.25. The van der Waals surface area contributed by atoms with Crippen molar-refractivity contribution in [3.63, 3.8) is 0 Å². The average Bonchev–Trinajstić information content (AvgIpc) is 2.54. The number of hydrogen-bond donors (Lipinski definition) is 2. The third-order valence-corrected chi connectivity index (χ3v) is 3.31. The summed E-state index contributed by atoms with van der Waals surface area (Å²) in [4.78, 5) is 23.2. The van der Waals surface area contributed by atoms with E-state index in [2.05, 4.69) is 10.6 Å². The van der Waals surface area contributed by atoms with Crippen molar-refractivity contribution in [3.05, 3.63) is 53.3 Å². The Hall–Kier alpha value is -3.10. The molecule has 0 aliphatic heterocycles. The number of methoxy groups -OCH3 is 1. The number of ether oxygens (including phenoxy) is 1. The van der Waals surface area contributed by atoms with Crippen LogP contribution in [0.15, 0.2) is 36.4 Å². The summed E-state index contributed by atoms with van der Waals surface area (Å²) in [6, 6.07) is 6.18. The molecular formula is C17H14F4N2O3. The Balaban J connectivity index is 2.34. The van der Waals surface area contributed by atoms with E-state index in [9.17, 15) is 27.2 Å². The van der Waals surface area contributed by atoms with Crippen LogP contribution in [0, 0.1) is 5.82 Å². The molecule has 5 nitrogen and oxygen atoms in total. The fourth-order valence-corrected chi connectivity index (χ4v) is 2.17. The van der Waals surface area contributed by atoms with Crippen molar-refractivity contribution in [2.24, 2.45) is 0 Å². The second kappa shape index (κ2) is 7.42. The second-order valence-electron chi connectivity index (χ2n) is 5.24. The molecule has 0 fully saturated rings. The topological polar surface area (TPSA) is 67.4 Å². The molecule has 0 bridgehead atoms. The minimum atomic E-state index is -4.78. The quantitative estimate of drug-likeness (QED) is 0.798. The molecule has 0 heterocycles. The van der Waals surface area contributed by atoms with E-state index in [1.807, 2.05) is 0 Å². The van der Waals surface area contributed by atoms with E-state index in [-0.39, 0.29) is 17.0 Å². The molecule has 2 aromatic rings. The fraction of sp³-hybridized carbons (Fsp3) is 0.176. The van der Waals surface area contributed by atoms with Gasteiger partial charge in [-0.25, -0.2) is 4.39 Å². The molecule has 0 aromatic heterocycles. The summed E-state index contributed by atoms with van der Waals surface area (Å²) in [5.41, 5.74) is -1.92. The zero-order valence-corrected chi connectivity index (χ0v) is 13.7. The maximum atomic E-state index is 13.7. The van der Waals surface area contributed by atoms with Crippen molar-refractivity contribution >= 4 is 23.2 Å². The molecule has 2 N–H and O–H groups in total. The number of rotatable bonds is 4. The molecule has 2 aromatic carbocycles. The highest BCUT2D eigenvalue weighted by Crippen LogP contribution is 2.37. The Bertz CT molecular complexity index is 850. The zero-order valence-electron chi connectivity index (χ0n) is 13.7. The molecule has 0 unspecified atom stereocenters. The molecule has 0 spiro atoms. The summed E-state index contributed by atoms with van der Waals surface area (Å²) in [6.07, 6.45) is -4.78. The van der Waals surface area contributed by atoms with Crippen LogP contribution in [0.1, 0.15) is 22.8 Å². The van der Waals surface area contributed by atoms with Crippen molar-refractivity contribution in [2.75, 3.05) is 17.7 Å². The van der Waals surface area contributed by atoms with Crippen molar-refractivity contribution < 1.29 is 31.9 Å². The molecule has 0 atom stereocenters. The lowest BCUT2D eigenvalue weighted by molar-refractivity contribution is -0.137. The van der Waals surface area contributed by atoms with Gasteiger partial charge in [0.2, 0.25) is 5.91 Å². The van der Waals surface area contributed by atoms with Gasteiger partial charge in [0.25, 0.3) is 5.91 Å². The first-order chi connectivity index (χ1) is 12.1. The third-order valence-electron chi connectivity index (χ3n) is 3.31. The van der Waals surface area contributed by atoms with E-state index in [0.717, 1.165) is 19.1 Å². The molecule has 0 radical (unpaired) electrons. The van der Waals surface area contributed by atoms with Gasteiger partial charge in [0.05, 0.1) is 18.4 Å². The van der Waals surface area contributed by atoms with E-state index in [4.69, 9.17) is 4.74 Å². The standard InChI is InChI=1S/C17H14F4N2O3/c1-9(24)22-11-4-5-14(12(8-11)17(19,20)21)23-16(25)10-3-6-15(26-2)13(18)7-10/h3-8H,1-2H3,(H,22,24)(H,23,25). The predicted octanol–water partition coefficient (Wildman–Crippen LogP) is 4.06. The van der Waals surface area contributed by atoms with E-state index >= 15 is 0 Å². The zero-order chi connectivity index (χ0) is 19.5. The van der Waals surface area contributed by atoms with Crippen LogP contribution < -0.4 is 15.4 Å². The number of hydrogen-bond acceptors (Lipinski definition) is 3. The Morgan fingerprint density at radius 3 is 2.27 bits per heavy atom. The van der Waals surface area contributed by atoms with Crippen LogP contribution in [0.2, 0.25) is 0 Å². The molecule has 9 heteroatoms. The lowest BCUT2D eigenvalue weighted by Gasteiger charge is -2.16. The number of carbonyl (C=O) groups is 2. The number of halogens is 4. The van der Waals surface area contributed by atoms with E-state index in [0.29, 0.717) is 6.07 Å². The fourth-order valence-electron chi connectivity index (χ4n) is 2.17. The van der Waals surface area contributed by atoms with E-state index in [1.54, 1.807) is 0 Å². The van der Waals surface area contributed by atoms with Crippen LogP contribution in [0.25, 0.3) is 0 Å². The molecule has 0 aliphatic rings. The normalized spacial score (nSPS) is 11.0. The number of alkyl halides is 3. The van der Waals surface area contributed by atoms with Crippen LogP contribution in [0.5, 0.6) is 5.75 Å². The van der Waals surface area contributed by atoms with Crippen LogP contribution in [-0.4, -0.2) is 18.9 Å². The van der Waals surface area contributed by atoms with Gasteiger partial charge in [-0.2, -0.15) is 13.2 Å². The largest absolute Gasteiger partial charge is 0.494 e. The molecular weight excluding hydrogens is 356 g/mol. The van der Waals surface area contributed by atoms with Gasteiger partial charge in [0.15, 0.2) is 11.6 Å². The molecule has 2 rings (SSSR count). The van der Waals surface area contributed by atoms with Crippen LogP contribution >= 0.6 is 0 Å². The Morgan fingerprint density at radius 2 is 1.73 bits per heavy atom. The van der Waals surface area contributed by atoms with Crippen LogP contribution in [-0.2, 0) is 11.0 Å². The number of amides is 2. The van der Waals surface area contributed by atoms with E-state index < -0.39 is 35.1 Å². The highest BCUT2D eigenvalue weighted by atomic mass is 19.4.